The Morgan fingerprint density at radius 3 is 2.54 bits per heavy atom. The van der Waals surface area contributed by atoms with Gasteiger partial charge in [0.05, 0.1) is 5.56 Å². The highest BCUT2D eigenvalue weighted by molar-refractivity contribution is 9.10. The summed E-state index contributed by atoms with van der Waals surface area (Å²) in [6.07, 6.45) is 0. The van der Waals surface area contributed by atoms with Crippen LogP contribution in [0.5, 0.6) is 5.75 Å². The molecule has 0 spiro atoms. The van der Waals surface area contributed by atoms with E-state index >= 15 is 0 Å². The van der Waals surface area contributed by atoms with Crippen molar-refractivity contribution in [1.82, 2.24) is 0 Å². The standard InChI is InChI=1S/C10H10BrNO/c1-6(2)8-4-10(13)7(5-12)3-9(8)11/h3-4,6,13H,1-2H3. The first-order valence-electron chi connectivity index (χ1n) is 3.98. The van der Waals surface area contributed by atoms with Gasteiger partial charge >= 0.3 is 0 Å². The molecule has 1 rings (SSSR count). The number of nitrogens with zero attached hydrogens (tertiary/aromatic N) is 1. The normalized spacial score (nSPS) is 10.1. The number of halogens is 1. The predicted molar refractivity (Wildman–Crippen MR) is 54.6 cm³/mol. The number of aromatic hydroxyl groups is 1. The molecule has 68 valence electrons. The summed E-state index contributed by atoms with van der Waals surface area (Å²) in [4.78, 5) is 0. The first-order valence-corrected chi connectivity index (χ1v) is 4.78. The molecule has 13 heavy (non-hydrogen) atoms. The van der Waals surface area contributed by atoms with Crippen LogP contribution >= 0.6 is 15.9 Å². The van der Waals surface area contributed by atoms with Crippen LogP contribution in [0, 0.1) is 11.3 Å². The Balaban J connectivity index is 3.31. The SMILES string of the molecule is CC(C)c1cc(O)c(C#N)cc1Br. The lowest BCUT2D eigenvalue weighted by molar-refractivity contribution is 0.472. The highest BCUT2D eigenvalue weighted by atomic mass is 79.9. The lowest BCUT2D eigenvalue weighted by Gasteiger charge is -2.09. The smallest absolute Gasteiger partial charge is 0.133 e. The third kappa shape index (κ3) is 2.02. The summed E-state index contributed by atoms with van der Waals surface area (Å²) in [6, 6.07) is 5.20. The van der Waals surface area contributed by atoms with Crippen LogP contribution in [0.4, 0.5) is 0 Å². The molecule has 0 atom stereocenters. The van der Waals surface area contributed by atoms with Crippen molar-refractivity contribution >= 4 is 15.9 Å². The summed E-state index contributed by atoms with van der Waals surface area (Å²) >= 11 is 3.36. The number of nitriles is 1. The first-order chi connectivity index (χ1) is 6.06. The number of benzene rings is 1. The molecule has 3 heteroatoms. The van der Waals surface area contributed by atoms with E-state index in [0.717, 1.165) is 10.0 Å². The van der Waals surface area contributed by atoms with E-state index in [0.29, 0.717) is 11.5 Å². The van der Waals surface area contributed by atoms with E-state index < -0.39 is 0 Å². The van der Waals surface area contributed by atoms with Gasteiger partial charge in [-0.05, 0) is 23.6 Å². The van der Waals surface area contributed by atoms with E-state index in [-0.39, 0.29) is 5.75 Å². The summed E-state index contributed by atoms with van der Waals surface area (Å²) in [5.74, 6) is 0.377. The topological polar surface area (TPSA) is 44.0 Å². The molecule has 1 N–H and O–H groups in total. The minimum absolute atomic E-state index is 0.0504. The van der Waals surface area contributed by atoms with Crippen LogP contribution in [0.3, 0.4) is 0 Å². The van der Waals surface area contributed by atoms with Gasteiger partial charge in [-0.2, -0.15) is 5.26 Å². The molecule has 0 saturated carbocycles. The van der Waals surface area contributed by atoms with Crippen molar-refractivity contribution in [2.24, 2.45) is 0 Å². The summed E-state index contributed by atoms with van der Waals surface area (Å²) < 4.78 is 0.872. The highest BCUT2D eigenvalue weighted by Crippen LogP contribution is 2.30. The molecule has 0 radical (unpaired) electrons. The number of phenols is 1. The van der Waals surface area contributed by atoms with E-state index in [2.05, 4.69) is 15.9 Å². The Hall–Kier alpha value is -1.01. The summed E-state index contributed by atoms with van der Waals surface area (Å²) in [7, 11) is 0. The van der Waals surface area contributed by atoms with E-state index in [1.165, 1.54) is 0 Å². The third-order valence-electron chi connectivity index (χ3n) is 1.86. The summed E-state index contributed by atoms with van der Waals surface area (Å²) in [5.41, 5.74) is 1.31. The average Bonchev–Trinajstić information content (AvgIpc) is 2.07. The van der Waals surface area contributed by atoms with Crippen LogP contribution in [-0.4, -0.2) is 5.11 Å². The van der Waals surface area contributed by atoms with Gasteiger partial charge in [0.15, 0.2) is 0 Å². The van der Waals surface area contributed by atoms with E-state index in [1.54, 1.807) is 12.1 Å². The molecule has 0 amide bonds. The van der Waals surface area contributed by atoms with Crippen LogP contribution in [0.15, 0.2) is 16.6 Å². The van der Waals surface area contributed by atoms with Crippen LogP contribution in [-0.2, 0) is 0 Å². The van der Waals surface area contributed by atoms with Gasteiger partial charge in [-0.15, -0.1) is 0 Å². The van der Waals surface area contributed by atoms with Crippen LogP contribution < -0.4 is 0 Å². The Bertz CT molecular complexity index is 366. The predicted octanol–water partition coefficient (Wildman–Crippen LogP) is 3.15. The minimum atomic E-state index is 0.0504. The molecule has 0 unspecified atom stereocenters. The maximum Gasteiger partial charge on any atom is 0.133 e. The van der Waals surface area contributed by atoms with Crippen molar-refractivity contribution in [3.05, 3.63) is 27.7 Å². The Kier molecular flexibility index (Phi) is 2.94. The molecular weight excluding hydrogens is 230 g/mol. The Morgan fingerprint density at radius 1 is 1.46 bits per heavy atom. The van der Waals surface area contributed by atoms with Crippen LogP contribution in [0.25, 0.3) is 0 Å². The second kappa shape index (κ2) is 3.80. The van der Waals surface area contributed by atoms with Gasteiger partial charge in [-0.3, -0.25) is 0 Å². The number of rotatable bonds is 1. The average molecular weight is 240 g/mol. The molecule has 0 aliphatic rings. The molecule has 0 fully saturated rings. The summed E-state index contributed by atoms with van der Waals surface area (Å²) in [5, 5.41) is 18.1. The van der Waals surface area contributed by atoms with Crippen molar-refractivity contribution in [2.45, 2.75) is 19.8 Å². The molecule has 0 aliphatic heterocycles. The zero-order chi connectivity index (χ0) is 10.0. The Morgan fingerprint density at radius 2 is 2.08 bits per heavy atom. The second-order valence-corrected chi connectivity index (χ2v) is 4.01. The van der Waals surface area contributed by atoms with Crippen molar-refractivity contribution < 1.29 is 5.11 Å². The molecule has 0 heterocycles. The van der Waals surface area contributed by atoms with E-state index in [1.807, 2.05) is 19.9 Å². The van der Waals surface area contributed by atoms with Gasteiger partial charge < -0.3 is 5.11 Å². The molecule has 1 aromatic carbocycles. The van der Waals surface area contributed by atoms with E-state index in [4.69, 9.17) is 5.26 Å². The molecule has 0 saturated heterocycles. The molecule has 2 nitrogen and oxygen atoms in total. The van der Waals surface area contributed by atoms with Gasteiger partial charge in [0.1, 0.15) is 11.8 Å². The van der Waals surface area contributed by atoms with Crippen molar-refractivity contribution in [3.8, 4) is 11.8 Å². The highest BCUT2D eigenvalue weighted by Gasteiger charge is 2.09. The lowest BCUT2D eigenvalue weighted by Crippen LogP contribution is -1.90. The molecular formula is C10H10BrNO. The van der Waals surface area contributed by atoms with Crippen LogP contribution in [0.2, 0.25) is 0 Å². The van der Waals surface area contributed by atoms with Crippen LogP contribution in [0.1, 0.15) is 30.9 Å². The molecule has 0 aromatic heterocycles. The van der Waals surface area contributed by atoms with E-state index in [9.17, 15) is 5.11 Å². The number of hydrogen-bond donors (Lipinski definition) is 1. The second-order valence-electron chi connectivity index (χ2n) is 3.16. The van der Waals surface area contributed by atoms with Gasteiger partial charge in [0.2, 0.25) is 0 Å². The fourth-order valence-corrected chi connectivity index (χ4v) is 1.91. The zero-order valence-electron chi connectivity index (χ0n) is 7.50. The number of hydrogen-bond acceptors (Lipinski definition) is 2. The van der Waals surface area contributed by atoms with Gasteiger partial charge in [0, 0.05) is 4.47 Å². The molecule has 0 aliphatic carbocycles. The van der Waals surface area contributed by atoms with Gasteiger partial charge in [-0.1, -0.05) is 29.8 Å². The van der Waals surface area contributed by atoms with Gasteiger partial charge in [-0.25, -0.2) is 0 Å². The van der Waals surface area contributed by atoms with Crippen molar-refractivity contribution in [3.63, 3.8) is 0 Å². The fraction of sp³-hybridized carbons (Fsp3) is 0.300. The molecule has 0 bridgehead atoms. The zero-order valence-corrected chi connectivity index (χ0v) is 9.09. The maximum atomic E-state index is 9.42. The monoisotopic (exact) mass is 239 g/mol. The van der Waals surface area contributed by atoms with Crippen molar-refractivity contribution in [1.29, 1.82) is 5.26 Å². The maximum absolute atomic E-state index is 9.42. The number of phenolic OH excluding ortho intramolecular Hbond substituents is 1. The molecule has 1 aromatic rings. The lowest BCUT2D eigenvalue weighted by atomic mass is 10.0. The van der Waals surface area contributed by atoms with Crippen molar-refractivity contribution in [2.75, 3.05) is 0 Å². The third-order valence-corrected chi connectivity index (χ3v) is 2.54. The van der Waals surface area contributed by atoms with Gasteiger partial charge in [0.25, 0.3) is 0 Å². The Labute approximate surface area is 85.9 Å². The largest absolute Gasteiger partial charge is 0.507 e. The fourth-order valence-electron chi connectivity index (χ4n) is 1.11. The minimum Gasteiger partial charge on any atom is -0.507 e. The summed E-state index contributed by atoms with van der Waals surface area (Å²) in [6.45, 7) is 4.07. The quantitative estimate of drug-likeness (QED) is 0.819. The first kappa shape index (κ1) is 10.1.